The minimum Gasteiger partial charge on any atom is -0.393 e. The summed E-state index contributed by atoms with van der Waals surface area (Å²) in [6, 6.07) is 0. The molecule has 0 amide bonds. The van der Waals surface area contributed by atoms with Crippen LogP contribution < -0.4 is 0 Å². The van der Waals surface area contributed by atoms with Crippen LogP contribution in [0.2, 0.25) is 0 Å². The van der Waals surface area contributed by atoms with Crippen molar-refractivity contribution in [2.75, 3.05) is 6.61 Å². The fraction of sp³-hybridized carbons (Fsp3) is 1.00. The standard InChI is InChI=1S/C14H26O2/c1-2-5-13(15)10-12-6-9-16-14(11-12)7-3-4-8-14/h12-13,15H,2-11H2,1H3. The molecule has 16 heavy (non-hydrogen) atoms. The van der Waals surface area contributed by atoms with Crippen LogP contribution in [-0.2, 0) is 4.74 Å². The van der Waals surface area contributed by atoms with Crippen molar-refractivity contribution in [1.82, 2.24) is 0 Å². The molecule has 2 unspecified atom stereocenters. The molecule has 0 radical (unpaired) electrons. The van der Waals surface area contributed by atoms with Crippen molar-refractivity contribution in [2.24, 2.45) is 5.92 Å². The van der Waals surface area contributed by atoms with Crippen LogP contribution in [0.4, 0.5) is 0 Å². The Kier molecular flexibility index (Phi) is 4.26. The first-order valence-electron chi connectivity index (χ1n) is 7.06. The number of aliphatic hydroxyl groups excluding tert-OH is 1. The van der Waals surface area contributed by atoms with E-state index < -0.39 is 0 Å². The van der Waals surface area contributed by atoms with Gasteiger partial charge < -0.3 is 9.84 Å². The van der Waals surface area contributed by atoms with E-state index in [9.17, 15) is 5.11 Å². The Hall–Kier alpha value is -0.0800. The minimum atomic E-state index is -0.0773. The number of hydrogen-bond acceptors (Lipinski definition) is 2. The van der Waals surface area contributed by atoms with E-state index >= 15 is 0 Å². The average molecular weight is 226 g/mol. The van der Waals surface area contributed by atoms with Crippen LogP contribution in [0.5, 0.6) is 0 Å². The Morgan fingerprint density at radius 2 is 2.12 bits per heavy atom. The first-order valence-corrected chi connectivity index (χ1v) is 7.06. The fourth-order valence-corrected chi connectivity index (χ4v) is 3.53. The molecule has 1 spiro atoms. The van der Waals surface area contributed by atoms with Crippen molar-refractivity contribution < 1.29 is 9.84 Å². The number of aliphatic hydroxyl groups is 1. The third kappa shape index (κ3) is 2.98. The molecule has 1 saturated heterocycles. The second-order valence-electron chi connectivity index (χ2n) is 5.78. The number of ether oxygens (including phenoxy) is 1. The van der Waals surface area contributed by atoms with Gasteiger partial charge in [-0.25, -0.2) is 0 Å². The largest absolute Gasteiger partial charge is 0.393 e. The van der Waals surface area contributed by atoms with E-state index in [1.54, 1.807) is 0 Å². The molecule has 2 rings (SSSR count). The third-order valence-corrected chi connectivity index (χ3v) is 4.34. The van der Waals surface area contributed by atoms with Gasteiger partial charge in [0.15, 0.2) is 0 Å². The van der Waals surface area contributed by atoms with Crippen LogP contribution in [0.1, 0.15) is 64.7 Å². The van der Waals surface area contributed by atoms with Gasteiger partial charge in [0.1, 0.15) is 0 Å². The van der Waals surface area contributed by atoms with E-state index in [-0.39, 0.29) is 11.7 Å². The van der Waals surface area contributed by atoms with Gasteiger partial charge in [-0.1, -0.05) is 26.2 Å². The van der Waals surface area contributed by atoms with E-state index in [1.807, 2.05) is 0 Å². The van der Waals surface area contributed by atoms with Gasteiger partial charge in [0.2, 0.25) is 0 Å². The highest BCUT2D eigenvalue weighted by atomic mass is 16.5. The minimum absolute atomic E-state index is 0.0773. The van der Waals surface area contributed by atoms with Crippen LogP contribution in [0, 0.1) is 5.92 Å². The predicted octanol–water partition coefficient (Wildman–Crippen LogP) is 3.28. The zero-order valence-corrected chi connectivity index (χ0v) is 10.6. The molecule has 1 N–H and O–H groups in total. The Morgan fingerprint density at radius 1 is 1.38 bits per heavy atom. The maximum Gasteiger partial charge on any atom is 0.0685 e. The Balaban J connectivity index is 1.82. The van der Waals surface area contributed by atoms with Gasteiger partial charge in [-0.3, -0.25) is 0 Å². The van der Waals surface area contributed by atoms with E-state index in [4.69, 9.17) is 4.74 Å². The summed E-state index contributed by atoms with van der Waals surface area (Å²) in [5, 5.41) is 9.89. The van der Waals surface area contributed by atoms with Gasteiger partial charge in [0, 0.05) is 6.61 Å². The van der Waals surface area contributed by atoms with E-state index in [0.29, 0.717) is 5.92 Å². The van der Waals surface area contributed by atoms with Gasteiger partial charge in [-0.15, -0.1) is 0 Å². The summed E-state index contributed by atoms with van der Waals surface area (Å²) >= 11 is 0. The second kappa shape index (κ2) is 5.50. The molecule has 0 aromatic carbocycles. The van der Waals surface area contributed by atoms with Crippen LogP contribution in [0.3, 0.4) is 0 Å². The number of rotatable bonds is 4. The maximum atomic E-state index is 9.89. The Labute approximate surface area is 99.4 Å². The van der Waals surface area contributed by atoms with E-state index in [2.05, 4.69) is 6.92 Å². The van der Waals surface area contributed by atoms with Crippen LogP contribution >= 0.6 is 0 Å². The quantitative estimate of drug-likeness (QED) is 0.797. The van der Waals surface area contributed by atoms with Crippen molar-refractivity contribution in [3.63, 3.8) is 0 Å². The summed E-state index contributed by atoms with van der Waals surface area (Å²) in [6.45, 7) is 3.06. The highest BCUT2D eigenvalue weighted by Gasteiger charge is 2.39. The van der Waals surface area contributed by atoms with Crippen molar-refractivity contribution in [3.8, 4) is 0 Å². The molecule has 1 saturated carbocycles. The lowest BCUT2D eigenvalue weighted by molar-refractivity contribution is -0.0982. The molecular formula is C14H26O2. The zero-order chi connectivity index (χ0) is 11.4. The van der Waals surface area contributed by atoms with Crippen molar-refractivity contribution in [3.05, 3.63) is 0 Å². The smallest absolute Gasteiger partial charge is 0.0685 e. The molecular weight excluding hydrogens is 200 g/mol. The third-order valence-electron chi connectivity index (χ3n) is 4.34. The van der Waals surface area contributed by atoms with Gasteiger partial charge in [-0.2, -0.15) is 0 Å². The van der Waals surface area contributed by atoms with Gasteiger partial charge >= 0.3 is 0 Å². The molecule has 1 heterocycles. The first-order chi connectivity index (χ1) is 7.74. The van der Waals surface area contributed by atoms with Gasteiger partial charge in [0.05, 0.1) is 11.7 Å². The van der Waals surface area contributed by atoms with Gasteiger partial charge in [0.25, 0.3) is 0 Å². The lowest BCUT2D eigenvalue weighted by Gasteiger charge is -2.39. The molecule has 0 aromatic rings. The molecule has 94 valence electrons. The molecule has 0 aromatic heterocycles. The van der Waals surface area contributed by atoms with Crippen molar-refractivity contribution >= 4 is 0 Å². The van der Waals surface area contributed by atoms with Crippen molar-refractivity contribution in [1.29, 1.82) is 0 Å². The number of hydrogen-bond donors (Lipinski definition) is 1. The van der Waals surface area contributed by atoms with Crippen molar-refractivity contribution in [2.45, 2.75) is 76.4 Å². The average Bonchev–Trinajstić information content (AvgIpc) is 2.66. The SMILES string of the molecule is CCCC(O)CC1CCOC2(CCCC2)C1. The summed E-state index contributed by atoms with van der Waals surface area (Å²) in [5.41, 5.74) is 0.217. The molecule has 2 fully saturated rings. The Morgan fingerprint density at radius 3 is 2.81 bits per heavy atom. The monoisotopic (exact) mass is 226 g/mol. The molecule has 1 aliphatic heterocycles. The topological polar surface area (TPSA) is 29.5 Å². The molecule has 2 nitrogen and oxygen atoms in total. The van der Waals surface area contributed by atoms with Crippen LogP contribution in [0.25, 0.3) is 0 Å². The fourth-order valence-electron chi connectivity index (χ4n) is 3.53. The maximum absolute atomic E-state index is 9.89. The lowest BCUT2D eigenvalue weighted by atomic mass is 9.81. The Bertz CT molecular complexity index is 209. The summed E-state index contributed by atoms with van der Waals surface area (Å²) in [6.07, 6.45) is 10.5. The molecule has 2 aliphatic rings. The zero-order valence-electron chi connectivity index (χ0n) is 10.6. The summed E-state index contributed by atoms with van der Waals surface area (Å²) in [5.74, 6) is 0.702. The molecule has 2 atom stereocenters. The van der Waals surface area contributed by atoms with E-state index in [0.717, 1.165) is 32.3 Å². The summed E-state index contributed by atoms with van der Waals surface area (Å²) < 4.78 is 6.02. The van der Waals surface area contributed by atoms with Crippen LogP contribution in [0.15, 0.2) is 0 Å². The van der Waals surface area contributed by atoms with E-state index in [1.165, 1.54) is 32.1 Å². The normalized spacial score (nSPS) is 30.8. The highest BCUT2D eigenvalue weighted by Crippen LogP contribution is 2.43. The van der Waals surface area contributed by atoms with Crippen LogP contribution in [-0.4, -0.2) is 23.4 Å². The highest BCUT2D eigenvalue weighted by molar-refractivity contribution is 4.91. The molecule has 0 bridgehead atoms. The van der Waals surface area contributed by atoms with Gasteiger partial charge in [-0.05, 0) is 44.4 Å². The first kappa shape index (κ1) is 12.4. The lowest BCUT2D eigenvalue weighted by Crippen LogP contribution is -2.38. The predicted molar refractivity (Wildman–Crippen MR) is 65.4 cm³/mol. The second-order valence-corrected chi connectivity index (χ2v) is 5.78. The molecule has 2 heteroatoms. The molecule has 1 aliphatic carbocycles. The summed E-state index contributed by atoms with van der Waals surface area (Å²) in [4.78, 5) is 0. The summed E-state index contributed by atoms with van der Waals surface area (Å²) in [7, 11) is 0.